The summed E-state index contributed by atoms with van der Waals surface area (Å²) in [5.74, 6) is -0.530. The first kappa shape index (κ1) is 18.6. The van der Waals surface area contributed by atoms with Gasteiger partial charge in [-0.25, -0.2) is 4.79 Å². The molecule has 2 aromatic rings. The maximum Gasteiger partial charge on any atom is 0.339 e. The molecule has 1 atom stereocenters. The summed E-state index contributed by atoms with van der Waals surface area (Å²) >= 11 is 0. The molecule has 1 aliphatic rings. The molecule has 2 amide bonds. The zero-order valence-electron chi connectivity index (χ0n) is 15.3. The van der Waals surface area contributed by atoms with Gasteiger partial charge in [0, 0.05) is 43.4 Å². The number of esters is 1. The highest BCUT2D eigenvalue weighted by Gasteiger charge is 2.24. The number of hydrogen-bond donors (Lipinski definition) is 1. The van der Waals surface area contributed by atoms with E-state index in [1.165, 1.54) is 13.3 Å². The highest BCUT2D eigenvalue weighted by Crippen LogP contribution is 2.19. The molecule has 7 nitrogen and oxygen atoms in total. The smallest absolute Gasteiger partial charge is 0.339 e. The first-order valence-corrected chi connectivity index (χ1v) is 8.67. The van der Waals surface area contributed by atoms with Gasteiger partial charge in [0.15, 0.2) is 0 Å². The number of amides is 2. The topological polar surface area (TPSA) is 88.6 Å². The average Bonchev–Trinajstić information content (AvgIpc) is 2.70. The van der Waals surface area contributed by atoms with E-state index in [0.717, 1.165) is 5.56 Å². The van der Waals surface area contributed by atoms with Gasteiger partial charge < -0.3 is 15.0 Å². The Morgan fingerprint density at radius 1 is 1.22 bits per heavy atom. The molecule has 0 aliphatic carbocycles. The van der Waals surface area contributed by atoms with Gasteiger partial charge in [0.1, 0.15) is 0 Å². The zero-order valence-corrected chi connectivity index (χ0v) is 15.3. The second kappa shape index (κ2) is 7.99. The second-order valence-electron chi connectivity index (χ2n) is 6.49. The number of nitrogens with one attached hydrogen (secondary N) is 1. The largest absolute Gasteiger partial charge is 0.465 e. The molecule has 1 aromatic heterocycles. The van der Waals surface area contributed by atoms with Crippen LogP contribution in [-0.2, 0) is 9.53 Å². The van der Waals surface area contributed by atoms with Gasteiger partial charge >= 0.3 is 5.97 Å². The highest BCUT2D eigenvalue weighted by atomic mass is 16.5. The molecular formula is C20H21N3O4. The van der Waals surface area contributed by atoms with E-state index < -0.39 is 5.97 Å². The number of rotatable bonds is 4. The van der Waals surface area contributed by atoms with E-state index in [1.54, 1.807) is 42.3 Å². The number of pyridine rings is 1. The van der Waals surface area contributed by atoms with Gasteiger partial charge in [0.05, 0.1) is 18.4 Å². The molecule has 3 rings (SSSR count). The van der Waals surface area contributed by atoms with Crippen molar-refractivity contribution in [2.24, 2.45) is 0 Å². The molecule has 0 saturated carbocycles. The Balaban J connectivity index is 1.72. The number of methoxy groups -OCH3 is 1. The van der Waals surface area contributed by atoms with Crippen LogP contribution in [0, 0.1) is 0 Å². The van der Waals surface area contributed by atoms with E-state index in [4.69, 9.17) is 0 Å². The van der Waals surface area contributed by atoms with Crippen LogP contribution >= 0.6 is 0 Å². The van der Waals surface area contributed by atoms with Crippen molar-refractivity contribution >= 4 is 17.8 Å². The normalized spacial score (nSPS) is 16.7. The summed E-state index contributed by atoms with van der Waals surface area (Å²) in [5, 5.41) is 2.98. The van der Waals surface area contributed by atoms with Crippen LogP contribution in [0.15, 0.2) is 42.6 Å². The fourth-order valence-electron chi connectivity index (χ4n) is 3.02. The van der Waals surface area contributed by atoms with Crippen LogP contribution in [0.3, 0.4) is 0 Å². The predicted octanol–water partition coefficient (Wildman–Crippen LogP) is 1.89. The van der Waals surface area contributed by atoms with Crippen molar-refractivity contribution in [3.8, 4) is 11.3 Å². The van der Waals surface area contributed by atoms with E-state index in [2.05, 4.69) is 15.0 Å². The summed E-state index contributed by atoms with van der Waals surface area (Å²) in [7, 11) is 3.06. The standard InChI is InChI=1S/C20H21N3O4/c1-23-12-16(7-9-18(23)24)22-19(25)14-5-3-4-13(10-14)17-8-6-15(11-21-17)20(26)27-2/h3-6,8,10-11,16H,7,9,12H2,1-2H3,(H,22,25)/t16-/m1/s1. The van der Waals surface area contributed by atoms with Crippen molar-refractivity contribution in [3.63, 3.8) is 0 Å². The molecule has 1 aromatic carbocycles. The predicted molar refractivity (Wildman–Crippen MR) is 99.1 cm³/mol. The van der Waals surface area contributed by atoms with Crippen LogP contribution in [-0.4, -0.2) is 54.4 Å². The van der Waals surface area contributed by atoms with Crippen LogP contribution in [0.5, 0.6) is 0 Å². The Bertz CT molecular complexity index is 864. The molecule has 2 heterocycles. The van der Waals surface area contributed by atoms with Crippen molar-refractivity contribution in [2.75, 3.05) is 20.7 Å². The molecule has 0 unspecified atom stereocenters. The Kier molecular flexibility index (Phi) is 5.49. The van der Waals surface area contributed by atoms with E-state index in [9.17, 15) is 14.4 Å². The van der Waals surface area contributed by atoms with E-state index in [1.807, 2.05) is 6.07 Å². The van der Waals surface area contributed by atoms with E-state index in [-0.39, 0.29) is 17.9 Å². The third-order valence-corrected chi connectivity index (χ3v) is 4.57. The minimum Gasteiger partial charge on any atom is -0.465 e. The van der Waals surface area contributed by atoms with Gasteiger partial charge in [0.25, 0.3) is 5.91 Å². The number of aromatic nitrogens is 1. The summed E-state index contributed by atoms with van der Waals surface area (Å²) in [6, 6.07) is 10.4. The lowest BCUT2D eigenvalue weighted by atomic mass is 10.0. The van der Waals surface area contributed by atoms with Gasteiger partial charge in [-0.1, -0.05) is 12.1 Å². The quantitative estimate of drug-likeness (QED) is 0.834. The lowest BCUT2D eigenvalue weighted by molar-refractivity contribution is -0.132. The van der Waals surface area contributed by atoms with Crippen molar-refractivity contribution in [1.29, 1.82) is 0 Å². The molecule has 1 aliphatic heterocycles. The fourth-order valence-corrected chi connectivity index (χ4v) is 3.02. The molecule has 1 saturated heterocycles. The average molecular weight is 367 g/mol. The SMILES string of the molecule is COC(=O)c1ccc(-c2cccc(C(=O)N[C@@H]3CCC(=O)N(C)C3)c2)nc1. The Morgan fingerprint density at radius 2 is 2.04 bits per heavy atom. The molecule has 7 heteroatoms. The number of piperidine rings is 1. The number of ether oxygens (including phenoxy) is 1. The number of hydrogen-bond acceptors (Lipinski definition) is 5. The lowest BCUT2D eigenvalue weighted by Crippen LogP contribution is -2.48. The van der Waals surface area contributed by atoms with Crippen molar-refractivity contribution in [1.82, 2.24) is 15.2 Å². The van der Waals surface area contributed by atoms with Gasteiger partial charge in [0.2, 0.25) is 5.91 Å². The number of carbonyl (C=O) groups excluding carboxylic acids is 3. The number of benzene rings is 1. The van der Waals surface area contributed by atoms with Crippen LogP contribution in [0.1, 0.15) is 33.6 Å². The van der Waals surface area contributed by atoms with Gasteiger partial charge in [-0.3, -0.25) is 14.6 Å². The maximum absolute atomic E-state index is 12.6. The summed E-state index contributed by atoms with van der Waals surface area (Å²) in [6.07, 6.45) is 2.53. The molecule has 1 N–H and O–H groups in total. The number of carbonyl (C=O) groups is 3. The fraction of sp³-hybridized carbons (Fsp3) is 0.300. The number of nitrogens with zero attached hydrogens (tertiary/aromatic N) is 2. The van der Waals surface area contributed by atoms with Crippen LogP contribution in [0.2, 0.25) is 0 Å². The molecule has 0 bridgehead atoms. The number of likely N-dealkylation sites (tertiary alicyclic amines) is 1. The van der Waals surface area contributed by atoms with Crippen molar-refractivity contribution in [3.05, 3.63) is 53.7 Å². The summed E-state index contributed by atoms with van der Waals surface area (Å²) in [6.45, 7) is 0.515. The van der Waals surface area contributed by atoms with Gasteiger partial charge in [-0.05, 0) is 30.7 Å². The molecule has 0 radical (unpaired) electrons. The summed E-state index contributed by atoms with van der Waals surface area (Å²) < 4.78 is 4.66. The molecule has 1 fully saturated rings. The first-order chi connectivity index (χ1) is 13.0. The molecule has 140 valence electrons. The first-order valence-electron chi connectivity index (χ1n) is 8.67. The summed E-state index contributed by atoms with van der Waals surface area (Å²) in [5.41, 5.74) is 2.31. The monoisotopic (exact) mass is 367 g/mol. The maximum atomic E-state index is 12.6. The zero-order chi connectivity index (χ0) is 19.4. The number of likely N-dealkylation sites (N-methyl/N-ethyl adjacent to an activating group) is 1. The second-order valence-corrected chi connectivity index (χ2v) is 6.49. The van der Waals surface area contributed by atoms with Crippen molar-refractivity contribution in [2.45, 2.75) is 18.9 Å². The Hall–Kier alpha value is -3.22. The third kappa shape index (κ3) is 4.31. The van der Waals surface area contributed by atoms with Crippen molar-refractivity contribution < 1.29 is 19.1 Å². The van der Waals surface area contributed by atoms with Crippen LogP contribution < -0.4 is 5.32 Å². The van der Waals surface area contributed by atoms with Gasteiger partial charge in [-0.2, -0.15) is 0 Å². The molecular weight excluding hydrogens is 346 g/mol. The highest BCUT2D eigenvalue weighted by molar-refractivity contribution is 5.95. The van der Waals surface area contributed by atoms with E-state index in [0.29, 0.717) is 36.2 Å². The van der Waals surface area contributed by atoms with E-state index >= 15 is 0 Å². The molecule has 0 spiro atoms. The lowest BCUT2D eigenvalue weighted by Gasteiger charge is -2.30. The van der Waals surface area contributed by atoms with Crippen LogP contribution in [0.4, 0.5) is 0 Å². The summed E-state index contributed by atoms with van der Waals surface area (Å²) in [4.78, 5) is 41.5. The Labute approximate surface area is 157 Å². The third-order valence-electron chi connectivity index (χ3n) is 4.57. The Morgan fingerprint density at radius 3 is 2.70 bits per heavy atom. The minimum absolute atomic E-state index is 0.0543. The molecule has 27 heavy (non-hydrogen) atoms. The van der Waals surface area contributed by atoms with Gasteiger partial charge in [-0.15, -0.1) is 0 Å². The minimum atomic E-state index is -0.446. The van der Waals surface area contributed by atoms with Crippen LogP contribution in [0.25, 0.3) is 11.3 Å².